The van der Waals surface area contributed by atoms with Gasteiger partial charge in [0.15, 0.2) is 0 Å². The van der Waals surface area contributed by atoms with Gasteiger partial charge in [0.05, 0.1) is 19.0 Å². The van der Waals surface area contributed by atoms with Crippen LogP contribution in [0.2, 0.25) is 0 Å². The summed E-state index contributed by atoms with van der Waals surface area (Å²) in [7, 11) is 2.02. The molecule has 0 bridgehead atoms. The lowest BCUT2D eigenvalue weighted by molar-refractivity contribution is -0.142. The zero-order chi connectivity index (χ0) is 52.9. The van der Waals surface area contributed by atoms with Crippen molar-refractivity contribution in [3.8, 4) is 5.75 Å². The van der Waals surface area contributed by atoms with Crippen LogP contribution in [0.4, 0.5) is 0 Å². The standard InChI is InChI=1S/C45H63N13O12S2/c46-16-4-8-28(39(64)51-21-37(50)62)53-44(69)34-9-5-17-58(34)45(70)33-23-72-71-22-27(47)38(63)54-30(19-25-10-12-26(59)13-11-25)42(67)55-31(18-24-6-2-1-3-7-24)41(66)52-29(14-15-35(48)60)40(65)56-32(20-36(49)61)43(68)57-33/h1-3,6-7,10-13,27-34,59H,4-5,8-9,14-23,46-47H2,(H2,48,60)(H2,49,61)(H2,50,62)(H,51,64)(H,52,66)(H,53,69)(H,54,63)(H,55,67)(H,56,65)(H,57,68)/t27-,28-,29-,30-,31-,32-,33-,34-/m0/s1. The van der Waals surface area contributed by atoms with E-state index in [-0.39, 0.29) is 56.0 Å². The number of aromatic hydroxyl groups is 1. The highest BCUT2D eigenvalue weighted by Crippen LogP contribution is 2.26. The second kappa shape index (κ2) is 28.8. The van der Waals surface area contributed by atoms with E-state index in [1.165, 1.54) is 29.2 Å². The average Bonchev–Trinajstić information content (AvgIpc) is 3.84. The highest BCUT2D eigenvalue weighted by Gasteiger charge is 2.40. The van der Waals surface area contributed by atoms with E-state index < -0.39 is 139 Å². The number of nitrogens with zero attached hydrogens (tertiary/aromatic N) is 1. The van der Waals surface area contributed by atoms with E-state index in [2.05, 4.69) is 37.2 Å². The van der Waals surface area contributed by atoms with Crippen molar-refractivity contribution < 1.29 is 57.8 Å². The van der Waals surface area contributed by atoms with Gasteiger partial charge in [-0.15, -0.1) is 0 Å². The lowest BCUT2D eigenvalue weighted by Gasteiger charge is -2.31. The van der Waals surface area contributed by atoms with Crippen molar-refractivity contribution in [1.82, 2.24) is 42.1 Å². The number of benzene rings is 2. The lowest BCUT2D eigenvalue weighted by Crippen LogP contribution is -2.61. The Labute approximate surface area is 422 Å². The minimum Gasteiger partial charge on any atom is -0.508 e. The quantitative estimate of drug-likeness (QED) is 0.0624. The van der Waals surface area contributed by atoms with Crippen molar-refractivity contribution in [3.63, 3.8) is 0 Å². The van der Waals surface area contributed by atoms with E-state index in [4.69, 9.17) is 28.7 Å². The van der Waals surface area contributed by atoms with Gasteiger partial charge < -0.3 is 75.9 Å². The predicted molar refractivity (Wildman–Crippen MR) is 264 cm³/mol. The summed E-state index contributed by atoms with van der Waals surface area (Å²) in [5.41, 5.74) is 29.2. The number of hydrogen-bond donors (Lipinski definition) is 13. The fourth-order valence-electron chi connectivity index (χ4n) is 7.62. The molecule has 0 saturated carbocycles. The number of carbonyl (C=O) groups is 11. The molecule has 2 aliphatic heterocycles. The molecule has 72 heavy (non-hydrogen) atoms. The Morgan fingerprint density at radius 2 is 1.28 bits per heavy atom. The van der Waals surface area contributed by atoms with Crippen LogP contribution in [0, 0.1) is 0 Å². The molecule has 2 saturated heterocycles. The number of phenols is 1. The fraction of sp³-hybridized carbons (Fsp3) is 0.489. The smallest absolute Gasteiger partial charge is 0.246 e. The summed E-state index contributed by atoms with van der Waals surface area (Å²) in [5.74, 6) is -10.1. The number of phenolic OH excluding ortho intramolecular Hbond substituents is 1. The van der Waals surface area contributed by atoms with Gasteiger partial charge in [-0.3, -0.25) is 52.7 Å². The molecular weight excluding hydrogens is 979 g/mol. The number of likely N-dealkylation sites (tertiary alicyclic amines) is 1. The molecule has 0 radical (unpaired) electrons. The number of carbonyl (C=O) groups excluding carboxylic acids is 11. The molecule has 2 aromatic rings. The van der Waals surface area contributed by atoms with Crippen molar-refractivity contribution >= 4 is 86.6 Å². The third-order valence-electron chi connectivity index (χ3n) is 11.4. The van der Waals surface area contributed by atoms with Crippen molar-refractivity contribution in [2.24, 2.45) is 28.7 Å². The molecule has 2 aromatic carbocycles. The summed E-state index contributed by atoms with van der Waals surface area (Å²) in [5, 5.41) is 27.6. The summed E-state index contributed by atoms with van der Waals surface area (Å²) in [6.07, 6.45) is -1.10. The number of nitrogens with one attached hydrogen (secondary N) is 7. The average molecular weight is 1040 g/mol. The zero-order valence-corrected chi connectivity index (χ0v) is 40.9. The maximum absolute atomic E-state index is 14.5. The Morgan fingerprint density at radius 3 is 1.89 bits per heavy atom. The van der Waals surface area contributed by atoms with Crippen LogP contribution in [0.5, 0.6) is 5.75 Å². The first-order valence-corrected chi connectivity index (χ1v) is 25.5. The van der Waals surface area contributed by atoms with Crippen LogP contribution >= 0.6 is 21.6 Å². The minimum absolute atomic E-state index is 0.0281. The summed E-state index contributed by atoms with van der Waals surface area (Å²) >= 11 is 0. The second-order valence-corrected chi connectivity index (χ2v) is 19.6. The van der Waals surface area contributed by atoms with Crippen molar-refractivity contribution in [3.05, 3.63) is 65.7 Å². The molecule has 392 valence electrons. The van der Waals surface area contributed by atoms with Crippen LogP contribution in [0.15, 0.2) is 54.6 Å². The molecule has 2 aliphatic rings. The van der Waals surface area contributed by atoms with Gasteiger partial charge in [0, 0.05) is 37.3 Å². The van der Waals surface area contributed by atoms with Crippen molar-refractivity contribution in [2.45, 2.75) is 106 Å². The molecule has 4 rings (SSSR count). The van der Waals surface area contributed by atoms with Crippen LogP contribution in [0.25, 0.3) is 0 Å². The molecule has 2 heterocycles. The molecule has 0 aromatic heterocycles. The Kier molecular flexibility index (Phi) is 23.0. The van der Waals surface area contributed by atoms with Gasteiger partial charge in [0.25, 0.3) is 0 Å². The van der Waals surface area contributed by atoms with Crippen molar-refractivity contribution in [1.29, 1.82) is 0 Å². The molecule has 8 atom stereocenters. The van der Waals surface area contributed by atoms with E-state index in [9.17, 15) is 57.8 Å². The molecule has 25 nitrogen and oxygen atoms in total. The first-order valence-electron chi connectivity index (χ1n) is 23.0. The third-order valence-corrected chi connectivity index (χ3v) is 13.8. The normalized spacial score (nSPS) is 23.2. The van der Waals surface area contributed by atoms with E-state index in [0.29, 0.717) is 24.0 Å². The molecule has 11 amide bonds. The first kappa shape index (κ1) is 57.6. The van der Waals surface area contributed by atoms with Gasteiger partial charge in [0.2, 0.25) is 65.0 Å². The third kappa shape index (κ3) is 18.7. The van der Waals surface area contributed by atoms with E-state index >= 15 is 0 Å². The summed E-state index contributed by atoms with van der Waals surface area (Å²) < 4.78 is 0. The Hall–Kier alpha value is -6.97. The van der Waals surface area contributed by atoms with E-state index in [1.54, 1.807) is 30.3 Å². The minimum atomic E-state index is -1.78. The second-order valence-electron chi connectivity index (χ2n) is 17.1. The monoisotopic (exact) mass is 1040 g/mol. The Balaban J connectivity index is 1.71. The van der Waals surface area contributed by atoms with E-state index in [1.807, 2.05) is 0 Å². The summed E-state index contributed by atoms with van der Waals surface area (Å²) in [6.45, 7) is -0.299. The van der Waals surface area contributed by atoms with Crippen LogP contribution in [-0.4, -0.2) is 154 Å². The molecule has 0 spiro atoms. The number of nitrogens with two attached hydrogens (primary N) is 5. The highest BCUT2D eigenvalue weighted by atomic mass is 33.1. The summed E-state index contributed by atoms with van der Waals surface area (Å²) in [6, 6.07) is 3.04. The number of primary amides is 3. The largest absolute Gasteiger partial charge is 0.508 e. The van der Waals surface area contributed by atoms with Gasteiger partial charge in [-0.1, -0.05) is 64.1 Å². The topological polar surface area (TPSA) is 426 Å². The number of rotatable bonds is 18. The molecular formula is C45H63N13O12S2. The zero-order valence-electron chi connectivity index (χ0n) is 39.3. The predicted octanol–water partition coefficient (Wildman–Crippen LogP) is -4.72. The van der Waals surface area contributed by atoms with E-state index in [0.717, 1.165) is 21.6 Å². The Morgan fingerprint density at radius 1 is 0.708 bits per heavy atom. The SMILES string of the molecule is NCCC[C@H](NC(=O)[C@@H]1CCCN1C(=O)[C@@H]1CSSC[C@H](N)C(=O)N[C@@H](Cc2ccc(O)cc2)C(=O)N[C@@H](Cc2ccccc2)C(=O)N[C@@H](CCC(N)=O)C(=O)N[C@@H](CC(N)=O)C(=O)N1)C(=O)NCC(N)=O. The molecule has 0 aliphatic carbocycles. The van der Waals surface area contributed by atoms with Crippen molar-refractivity contribution in [2.75, 3.05) is 31.1 Å². The maximum Gasteiger partial charge on any atom is 0.246 e. The van der Waals surface area contributed by atoms with Gasteiger partial charge in [-0.2, -0.15) is 0 Å². The maximum atomic E-state index is 14.5. The first-order chi connectivity index (χ1) is 34.3. The van der Waals surface area contributed by atoms with Gasteiger partial charge in [-0.05, 0) is 61.9 Å². The van der Waals surface area contributed by atoms with Gasteiger partial charge in [0.1, 0.15) is 48.0 Å². The fourth-order valence-corrected chi connectivity index (χ4v) is 9.90. The molecule has 18 N–H and O–H groups in total. The lowest BCUT2D eigenvalue weighted by atomic mass is 10.0. The van der Waals surface area contributed by atoms with Crippen LogP contribution < -0.4 is 65.9 Å². The molecule has 27 heteroatoms. The number of amides is 11. The Bertz CT molecular complexity index is 2280. The molecule has 0 unspecified atom stereocenters. The highest BCUT2D eigenvalue weighted by molar-refractivity contribution is 8.76. The van der Waals surface area contributed by atoms with Crippen LogP contribution in [0.3, 0.4) is 0 Å². The number of hydrogen-bond acceptors (Lipinski definition) is 16. The van der Waals surface area contributed by atoms with Crippen LogP contribution in [-0.2, 0) is 65.6 Å². The van der Waals surface area contributed by atoms with Crippen LogP contribution in [0.1, 0.15) is 56.1 Å². The summed E-state index contributed by atoms with van der Waals surface area (Å²) in [4.78, 5) is 149. The van der Waals surface area contributed by atoms with Gasteiger partial charge in [-0.25, -0.2) is 0 Å². The van der Waals surface area contributed by atoms with Gasteiger partial charge >= 0.3 is 0 Å². The molecule has 2 fully saturated rings.